The Morgan fingerprint density at radius 3 is 2.88 bits per heavy atom. The Balaban J connectivity index is 1.82. The molecule has 2 rings (SSSR count). The van der Waals surface area contributed by atoms with Crippen molar-refractivity contribution in [3.63, 3.8) is 0 Å². The molecule has 0 aliphatic heterocycles. The fourth-order valence-corrected chi connectivity index (χ4v) is 1.45. The van der Waals surface area contributed by atoms with E-state index in [0.717, 1.165) is 18.8 Å². The zero-order valence-electron chi connectivity index (χ0n) is 9.22. The Labute approximate surface area is 94.3 Å². The van der Waals surface area contributed by atoms with Crippen molar-refractivity contribution in [2.75, 3.05) is 17.6 Å². The van der Waals surface area contributed by atoms with Crippen LogP contribution < -0.4 is 11.1 Å². The molecule has 84 valence electrons. The molecule has 5 heteroatoms. The molecule has 2 heterocycles. The van der Waals surface area contributed by atoms with Crippen molar-refractivity contribution in [1.82, 2.24) is 14.8 Å². The molecule has 3 N–H and O–H groups in total. The van der Waals surface area contributed by atoms with Crippen LogP contribution in [-0.4, -0.2) is 21.3 Å². The molecular weight excluding hydrogens is 202 g/mol. The largest absolute Gasteiger partial charge is 0.397 e. The second-order valence-electron chi connectivity index (χ2n) is 3.68. The Morgan fingerprint density at radius 1 is 1.38 bits per heavy atom. The molecule has 2 aromatic heterocycles. The van der Waals surface area contributed by atoms with Gasteiger partial charge in [0, 0.05) is 19.8 Å². The highest BCUT2D eigenvalue weighted by atomic mass is 15.2. The lowest BCUT2D eigenvalue weighted by Gasteiger charge is -2.04. The highest BCUT2D eigenvalue weighted by Gasteiger charge is 1.97. The van der Waals surface area contributed by atoms with Crippen molar-refractivity contribution in [2.45, 2.75) is 6.42 Å². The standard InChI is InChI=1S/C11H15N5/c1-16-8-9(6-15-16)4-5-13-11-3-2-10(12)7-14-11/h2-3,6-8H,4-5,12H2,1H3,(H,13,14). The van der Waals surface area contributed by atoms with Gasteiger partial charge in [0.05, 0.1) is 18.1 Å². The lowest BCUT2D eigenvalue weighted by Crippen LogP contribution is -2.05. The van der Waals surface area contributed by atoms with Gasteiger partial charge in [-0.2, -0.15) is 5.10 Å². The molecule has 0 amide bonds. The molecule has 0 bridgehead atoms. The van der Waals surface area contributed by atoms with Gasteiger partial charge >= 0.3 is 0 Å². The van der Waals surface area contributed by atoms with Gasteiger partial charge < -0.3 is 11.1 Å². The summed E-state index contributed by atoms with van der Waals surface area (Å²) >= 11 is 0. The lowest BCUT2D eigenvalue weighted by atomic mass is 10.2. The number of nitrogen functional groups attached to an aromatic ring is 1. The van der Waals surface area contributed by atoms with E-state index in [1.54, 1.807) is 10.9 Å². The number of rotatable bonds is 4. The molecule has 0 saturated carbocycles. The molecule has 0 spiro atoms. The van der Waals surface area contributed by atoms with Gasteiger partial charge in [-0.05, 0) is 24.1 Å². The van der Waals surface area contributed by atoms with Gasteiger partial charge in [0.25, 0.3) is 0 Å². The summed E-state index contributed by atoms with van der Waals surface area (Å²) in [5.74, 6) is 0.845. The molecule has 0 atom stereocenters. The molecule has 0 aliphatic carbocycles. The SMILES string of the molecule is Cn1cc(CCNc2ccc(N)cn2)cn1. The Morgan fingerprint density at radius 2 is 2.25 bits per heavy atom. The normalized spacial score (nSPS) is 10.3. The Bertz CT molecular complexity index is 446. The third-order valence-corrected chi connectivity index (χ3v) is 2.26. The van der Waals surface area contributed by atoms with Crippen LogP contribution in [-0.2, 0) is 13.5 Å². The van der Waals surface area contributed by atoms with Crippen molar-refractivity contribution in [2.24, 2.45) is 7.05 Å². The van der Waals surface area contributed by atoms with E-state index in [1.807, 2.05) is 31.6 Å². The maximum atomic E-state index is 5.55. The predicted molar refractivity (Wildman–Crippen MR) is 64.1 cm³/mol. The van der Waals surface area contributed by atoms with Gasteiger partial charge in [0.15, 0.2) is 0 Å². The molecular formula is C11H15N5. The average molecular weight is 217 g/mol. The summed E-state index contributed by atoms with van der Waals surface area (Å²) in [6.45, 7) is 0.836. The summed E-state index contributed by atoms with van der Waals surface area (Å²) in [4.78, 5) is 4.16. The van der Waals surface area contributed by atoms with E-state index >= 15 is 0 Å². The van der Waals surface area contributed by atoms with Crippen LogP contribution in [0.1, 0.15) is 5.56 Å². The first-order valence-electron chi connectivity index (χ1n) is 5.17. The molecule has 0 radical (unpaired) electrons. The molecule has 2 aromatic rings. The Hall–Kier alpha value is -2.04. The predicted octanol–water partition coefficient (Wildman–Crippen LogP) is 1.05. The van der Waals surface area contributed by atoms with Crippen LogP contribution in [0.3, 0.4) is 0 Å². The summed E-state index contributed by atoms with van der Waals surface area (Å²) < 4.78 is 1.80. The number of anilines is 2. The van der Waals surface area contributed by atoms with E-state index in [2.05, 4.69) is 15.4 Å². The van der Waals surface area contributed by atoms with Crippen LogP contribution in [0.5, 0.6) is 0 Å². The summed E-state index contributed by atoms with van der Waals surface area (Å²) in [6, 6.07) is 3.71. The van der Waals surface area contributed by atoms with Gasteiger partial charge in [0.1, 0.15) is 5.82 Å². The van der Waals surface area contributed by atoms with Crippen LogP contribution in [0.15, 0.2) is 30.7 Å². The summed E-state index contributed by atoms with van der Waals surface area (Å²) in [7, 11) is 1.92. The number of nitrogens with zero attached hydrogens (tertiary/aromatic N) is 3. The summed E-state index contributed by atoms with van der Waals surface area (Å²) in [6.07, 6.45) is 6.46. The minimum absolute atomic E-state index is 0.679. The zero-order valence-corrected chi connectivity index (χ0v) is 9.22. The van der Waals surface area contributed by atoms with Gasteiger partial charge in [-0.25, -0.2) is 4.98 Å². The van der Waals surface area contributed by atoms with E-state index in [1.165, 1.54) is 5.56 Å². The first-order chi connectivity index (χ1) is 7.74. The average Bonchev–Trinajstić information content (AvgIpc) is 2.67. The summed E-state index contributed by atoms with van der Waals surface area (Å²) in [5.41, 5.74) is 7.44. The smallest absolute Gasteiger partial charge is 0.126 e. The Kier molecular flexibility index (Phi) is 3.05. The van der Waals surface area contributed by atoms with Gasteiger partial charge in [-0.15, -0.1) is 0 Å². The summed E-state index contributed by atoms with van der Waals surface area (Å²) in [5, 5.41) is 7.34. The number of hydrogen-bond acceptors (Lipinski definition) is 4. The van der Waals surface area contributed by atoms with E-state index < -0.39 is 0 Å². The quantitative estimate of drug-likeness (QED) is 0.803. The fourth-order valence-electron chi connectivity index (χ4n) is 1.45. The van der Waals surface area contributed by atoms with Crippen molar-refractivity contribution in [1.29, 1.82) is 0 Å². The lowest BCUT2D eigenvalue weighted by molar-refractivity contribution is 0.767. The highest BCUT2D eigenvalue weighted by molar-refractivity contribution is 5.43. The molecule has 0 fully saturated rings. The second-order valence-corrected chi connectivity index (χ2v) is 3.68. The van der Waals surface area contributed by atoms with E-state index in [0.29, 0.717) is 5.69 Å². The molecule has 0 aromatic carbocycles. The number of aryl methyl sites for hydroxylation is 1. The fraction of sp³-hybridized carbons (Fsp3) is 0.273. The molecule has 0 saturated heterocycles. The van der Waals surface area contributed by atoms with E-state index in [-0.39, 0.29) is 0 Å². The number of nitrogens with two attached hydrogens (primary N) is 1. The maximum Gasteiger partial charge on any atom is 0.126 e. The number of pyridine rings is 1. The van der Waals surface area contributed by atoms with Gasteiger partial charge in [0.2, 0.25) is 0 Å². The van der Waals surface area contributed by atoms with Crippen LogP contribution in [0, 0.1) is 0 Å². The van der Waals surface area contributed by atoms with Crippen LogP contribution in [0.4, 0.5) is 11.5 Å². The van der Waals surface area contributed by atoms with Gasteiger partial charge in [-0.3, -0.25) is 4.68 Å². The molecule has 5 nitrogen and oxygen atoms in total. The number of nitrogens with one attached hydrogen (secondary N) is 1. The number of aromatic nitrogens is 3. The molecule has 16 heavy (non-hydrogen) atoms. The van der Waals surface area contributed by atoms with Crippen LogP contribution >= 0.6 is 0 Å². The highest BCUT2D eigenvalue weighted by Crippen LogP contribution is 2.06. The van der Waals surface area contributed by atoms with E-state index in [4.69, 9.17) is 5.73 Å². The minimum Gasteiger partial charge on any atom is -0.397 e. The van der Waals surface area contributed by atoms with Crippen LogP contribution in [0.25, 0.3) is 0 Å². The van der Waals surface area contributed by atoms with Gasteiger partial charge in [-0.1, -0.05) is 0 Å². The molecule has 0 unspecified atom stereocenters. The minimum atomic E-state index is 0.679. The number of hydrogen-bond donors (Lipinski definition) is 2. The second kappa shape index (κ2) is 4.65. The zero-order chi connectivity index (χ0) is 11.4. The van der Waals surface area contributed by atoms with Crippen LogP contribution in [0.2, 0.25) is 0 Å². The van der Waals surface area contributed by atoms with Crippen molar-refractivity contribution in [3.05, 3.63) is 36.3 Å². The maximum absolute atomic E-state index is 5.55. The third kappa shape index (κ3) is 2.73. The first-order valence-corrected chi connectivity index (χ1v) is 5.17. The van der Waals surface area contributed by atoms with Crippen molar-refractivity contribution >= 4 is 11.5 Å². The van der Waals surface area contributed by atoms with Crippen molar-refractivity contribution < 1.29 is 0 Å². The monoisotopic (exact) mass is 217 g/mol. The third-order valence-electron chi connectivity index (χ3n) is 2.26. The molecule has 0 aliphatic rings. The van der Waals surface area contributed by atoms with Crippen molar-refractivity contribution in [3.8, 4) is 0 Å². The first kappa shape index (κ1) is 10.5. The van der Waals surface area contributed by atoms with E-state index in [9.17, 15) is 0 Å². The topological polar surface area (TPSA) is 68.8 Å².